The predicted molar refractivity (Wildman–Crippen MR) is 142 cm³/mol. The van der Waals surface area contributed by atoms with Gasteiger partial charge in [-0.2, -0.15) is 0 Å². The van der Waals surface area contributed by atoms with Crippen molar-refractivity contribution in [2.45, 2.75) is 13.5 Å². The summed E-state index contributed by atoms with van der Waals surface area (Å²) in [6.07, 6.45) is 1.57. The van der Waals surface area contributed by atoms with Crippen LogP contribution in [0.5, 0.6) is 11.5 Å². The SMILES string of the molecule is CCOc1cc(/C=C2/NC(=O)N(c3ccc(Cl)cc3)C2=O)cc(Br)c1OCc1ccc(Cl)cc1Cl. The predicted octanol–water partition coefficient (Wildman–Crippen LogP) is 7.48. The molecule has 35 heavy (non-hydrogen) atoms. The Morgan fingerprint density at radius 3 is 2.37 bits per heavy atom. The molecule has 4 rings (SSSR count). The Labute approximate surface area is 225 Å². The first-order valence-corrected chi connectivity index (χ1v) is 12.3. The number of imide groups is 1. The van der Waals surface area contributed by atoms with E-state index in [4.69, 9.17) is 44.3 Å². The minimum Gasteiger partial charge on any atom is -0.490 e. The Kier molecular flexibility index (Phi) is 7.91. The number of carbonyl (C=O) groups excluding carboxylic acids is 2. The van der Waals surface area contributed by atoms with E-state index in [0.717, 1.165) is 10.5 Å². The van der Waals surface area contributed by atoms with Gasteiger partial charge in [-0.05, 0) is 83.0 Å². The van der Waals surface area contributed by atoms with Crippen molar-refractivity contribution in [3.05, 3.63) is 91.0 Å². The number of nitrogens with zero attached hydrogens (tertiary/aromatic N) is 1. The number of benzene rings is 3. The van der Waals surface area contributed by atoms with Gasteiger partial charge in [0.1, 0.15) is 12.3 Å². The van der Waals surface area contributed by atoms with Crippen molar-refractivity contribution >= 4 is 74.4 Å². The second kappa shape index (κ2) is 10.9. The highest BCUT2D eigenvalue weighted by molar-refractivity contribution is 9.10. The summed E-state index contributed by atoms with van der Waals surface area (Å²) in [6, 6.07) is 14.5. The average Bonchev–Trinajstić information content (AvgIpc) is 3.08. The molecular weight excluding hydrogens is 579 g/mol. The quantitative estimate of drug-likeness (QED) is 0.227. The molecule has 6 nitrogen and oxygen atoms in total. The van der Waals surface area contributed by atoms with Crippen molar-refractivity contribution in [2.24, 2.45) is 0 Å². The Morgan fingerprint density at radius 2 is 1.69 bits per heavy atom. The van der Waals surface area contributed by atoms with E-state index in [1.807, 2.05) is 6.92 Å². The van der Waals surface area contributed by atoms with E-state index in [0.29, 0.717) is 48.9 Å². The molecule has 0 spiro atoms. The molecule has 1 aliphatic heterocycles. The van der Waals surface area contributed by atoms with Gasteiger partial charge >= 0.3 is 6.03 Å². The van der Waals surface area contributed by atoms with Crippen LogP contribution in [0.3, 0.4) is 0 Å². The zero-order valence-corrected chi connectivity index (χ0v) is 22.1. The number of hydrogen-bond acceptors (Lipinski definition) is 4. The van der Waals surface area contributed by atoms with E-state index in [1.165, 1.54) is 0 Å². The Balaban J connectivity index is 1.60. The number of carbonyl (C=O) groups is 2. The molecule has 3 aromatic rings. The van der Waals surface area contributed by atoms with Gasteiger partial charge in [-0.1, -0.05) is 40.9 Å². The van der Waals surface area contributed by atoms with Gasteiger partial charge in [-0.25, -0.2) is 9.69 Å². The molecule has 0 saturated carbocycles. The number of ether oxygens (including phenoxy) is 2. The maximum Gasteiger partial charge on any atom is 0.333 e. The Bertz CT molecular complexity index is 1330. The molecule has 1 fully saturated rings. The van der Waals surface area contributed by atoms with Crippen LogP contribution in [0.25, 0.3) is 6.08 Å². The molecule has 3 aromatic carbocycles. The fraction of sp³-hybridized carbons (Fsp3) is 0.120. The third kappa shape index (κ3) is 5.76. The topological polar surface area (TPSA) is 67.9 Å². The summed E-state index contributed by atoms with van der Waals surface area (Å²) in [5, 5.41) is 4.15. The van der Waals surface area contributed by atoms with Crippen molar-refractivity contribution in [1.82, 2.24) is 5.32 Å². The molecule has 1 N–H and O–H groups in total. The van der Waals surface area contributed by atoms with Gasteiger partial charge in [0.15, 0.2) is 11.5 Å². The summed E-state index contributed by atoms with van der Waals surface area (Å²) < 4.78 is 12.4. The molecule has 0 aliphatic carbocycles. The van der Waals surface area contributed by atoms with Crippen LogP contribution in [0.4, 0.5) is 10.5 Å². The van der Waals surface area contributed by atoms with Crippen LogP contribution in [0, 0.1) is 0 Å². The van der Waals surface area contributed by atoms with Gasteiger partial charge < -0.3 is 14.8 Å². The normalized spacial score (nSPS) is 14.4. The lowest BCUT2D eigenvalue weighted by Gasteiger charge is -2.15. The fourth-order valence-corrected chi connectivity index (χ4v) is 4.55. The molecule has 1 saturated heterocycles. The molecule has 1 heterocycles. The van der Waals surface area contributed by atoms with Crippen LogP contribution in [-0.4, -0.2) is 18.5 Å². The van der Waals surface area contributed by atoms with E-state index >= 15 is 0 Å². The summed E-state index contributed by atoms with van der Waals surface area (Å²) in [5.74, 6) is 0.457. The highest BCUT2D eigenvalue weighted by atomic mass is 79.9. The van der Waals surface area contributed by atoms with Crippen LogP contribution in [0.1, 0.15) is 18.1 Å². The molecule has 0 atom stereocenters. The molecular formula is C25H18BrCl3N2O4. The molecule has 0 unspecified atom stereocenters. The van der Waals surface area contributed by atoms with Gasteiger partial charge in [0, 0.05) is 20.6 Å². The fourth-order valence-electron chi connectivity index (χ4n) is 3.39. The highest BCUT2D eigenvalue weighted by Crippen LogP contribution is 2.39. The molecule has 0 aromatic heterocycles. The summed E-state index contributed by atoms with van der Waals surface area (Å²) in [4.78, 5) is 26.5. The van der Waals surface area contributed by atoms with Gasteiger partial charge in [-0.3, -0.25) is 4.79 Å². The molecule has 1 aliphatic rings. The number of amides is 3. The van der Waals surface area contributed by atoms with E-state index in [1.54, 1.807) is 60.7 Å². The van der Waals surface area contributed by atoms with Crippen molar-refractivity contribution in [3.8, 4) is 11.5 Å². The average molecular weight is 597 g/mol. The minimum absolute atomic E-state index is 0.126. The zero-order valence-electron chi connectivity index (χ0n) is 18.3. The zero-order chi connectivity index (χ0) is 25.1. The maximum absolute atomic E-state index is 12.9. The monoisotopic (exact) mass is 594 g/mol. The minimum atomic E-state index is -0.549. The van der Waals surface area contributed by atoms with Gasteiger partial charge in [-0.15, -0.1) is 0 Å². The van der Waals surface area contributed by atoms with Gasteiger partial charge in [0.05, 0.1) is 16.8 Å². The first-order valence-electron chi connectivity index (χ1n) is 10.4. The standard InChI is InChI=1S/C25H18BrCl3N2O4/c1-2-34-22-11-14(9-19(26)23(22)35-13-15-3-4-17(28)12-20(15)29)10-21-24(32)31(25(33)30-21)18-7-5-16(27)6-8-18/h3-12H,2,13H2,1H3,(H,30,33)/b21-10+. The highest BCUT2D eigenvalue weighted by Gasteiger charge is 2.34. The smallest absolute Gasteiger partial charge is 0.333 e. The van der Waals surface area contributed by atoms with Crippen molar-refractivity contribution in [2.75, 3.05) is 11.5 Å². The summed E-state index contributed by atoms with van der Waals surface area (Å²) in [7, 11) is 0. The van der Waals surface area contributed by atoms with Crippen molar-refractivity contribution in [1.29, 1.82) is 0 Å². The Morgan fingerprint density at radius 1 is 0.971 bits per heavy atom. The third-order valence-electron chi connectivity index (χ3n) is 4.99. The number of hydrogen-bond donors (Lipinski definition) is 1. The second-order valence-electron chi connectivity index (χ2n) is 7.39. The van der Waals surface area contributed by atoms with E-state index < -0.39 is 11.9 Å². The van der Waals surface area contributed by atoms with Crippen molar-refractivity contribution in [3.63, 3.8) is 0 Å². The summed E-state index contributed by atoms with van der Waals surface area (Å²) >= 11 is 21.7. The first kappa shape index (κ1) is 25.4. The van der Waals surface area contributed by atoms with Crippen LogP contribution >= 0.6 is 50.7 Å². The largest absolute Gasteiger partial charge is 0.490 e. The molecule has 3 amide bonds. The lowest BCUT2D eigenvalue weighted by Crippen LogP contribution is -2.30. The summed E-state index contributed by atoms with van der Waals surface area (Å²) in [5.41, 5.74) is 1.93. The first-order chi connectivity index (χ1) is 16.8. The lowest BCUT2D eigenvalue weighted by molar-refractivity contribution is -0.113. The number of halogens is 4. The summed E-state index contributed by atoms with van der Waals surface area (Å²) in [6.45, 7) is 2.44. The van der Waals surface area contributed by atoms with E-state index in [9.17, 15) is 9.59 Å². The van der Waals surface area contributed by atoms with Gasteiger partial charge in [0.2, 0.25) is 0 Å². The van der Waals surface area contributed by atoms with Crippen LogP contribution in [0.15, 0.2) is 64.8 Å². The molecule has 10 heteroatoms. The van der Waals surface area contributed by atoms with Crippen LogP contribution < -0.4 is 19.7 Å². The van der Waals surface area contributed by atoms with E-state index in [-0.39, 0.29) is 12.3 Å². The number of anilines is 1. The molecule has 0 bridgehead atoms. The third-order valence-corrected chi connectivity index (χ3v) is 6.42. The van der Waals surface area contributed by atoms with E-state index in [2.05, 4.69) is 21.2 Å². The van der Waals surface area contributed by atoms with Crippen LogP contribution in [0.2, 0.25) is 15.1 Å². The molecule has 180 valence electrons. The maximum atomic E-state index is 12.9. The van der Waals surface area contributed by atoms with Gasteiger partial charge in [0.25, 0.3) is 5.91 Å². The molecule has 0 radical (unpaired) electrons. The van der Waals surface area contributed by atoms with Crippen LogP contribution in [-0.2, 0) is 11.4 Å². The van der Waals surface area contributed by atoms with Crippen molar-refractivity contribution < 1.29 is 19.1 Å². The Hall–Kier alpha value is -2.71. The lowest BCUT2D eigenvalue weighted by atomic mass is 10.1. The number of urea groups is 1. The number of nitrogens with one attached hydrogen (secondary N) is 1. The number of rotatable bonds is 7. The second-order valence-corrected chi connectivity index (χ2v) is 9.53.